The molecule has 20 heavy (non-hydrogen) atoms. The Labute approximate surface area is 135 Å². The number of rotatable bonds is 5. The Morgan fingerprint density at radius 1 is 1.45 bits per heavy atom. The molecule has 0 aliphatic heterocycles. The lowest BCUT2D eigenvalue weighted by Crippen LogP contribution is -2.58. The van der Waals surface area contributed by atoms with Crippen LogP contribution in [0.3, 0.4) is 0 Å². The zero-order chi connectivity index (χ0) is 14.9. The molecule has 1 N–H and O–H groups in total. The minimum Gasteiger partial charge on any atom is -0.381 e. The van der Waals surface area contributed by atoms with E-state index in [4.69, 9.17) is 16.3 Å². The van der Waals surface area contributed by atoms with Crippen molar-refractivity contribution in [3.05, 3.63) is 27.7 Å². The topological polar surface area (TPSA) is 21.3 Å². The van der Waals surface area contributed by atoms with Crippen LogP contribution in [-0.4, -0.2) is 18.8 Å². The fourth-order valence-electron chi connectivity index (χ4n) is 2.52. The first-order valence-electron chi connectivity index (χ1n) is 7.14. The highest BCUT2D eigenvalue weighted by molar-refractivity contribution is 9.10. The third-order valence-electron chi connectivity index (χ3n) is 4.09. The lowest BCUT2D eigenvalue weighted by Gasteiger charge is -2.52. The SMILES string of the molecule is CC(C)COC1CC(Nc2cccc(Cl)c2Br)C1(C)C. The summed E-state index contributed by atoms with van der Waals surface area (Å²) in [6.45, 7) is 9.73. The van der Waals surface area contributed by atoms with Gasteiger partial charge in [-0.25, -0.2) is 0 Å². The molecule has 4 heteroatoms. The normalized spacial score (nSPS) is 24.6. The number of hydrogen-bond donors (Lipinski definition) is 1. The van der Waals surface area contributed by atoms with E-state index >= 15 is 0 Å². The fourth-order valence-corrected chi connectivity index (χ4v) is 3.08. The van der Waals surface area contributed by atoms with E-state index in [1.165, 1.54) is 0 Å². The van der Waals surface area contributed by atoms with Crippen molar-refractivity contribution >= 4 is 33.2 Å². The minimum absolute atomic E-state index is 0.136. The van der Waals surface area contributed by atoms with Gasteiger partial charge in [0.25, 0.3) is 0 Å². The second-order valence-electron chi connectivity index (χ2n) is 6.57. The number of halogens is 2. The van der Waals surface area contributed by atoms with Gasteiger partial charge in [-0.2, -0.15) is 0 Å². The molecule has 0 radical (unpaired) electrons. The largest absolute Gasteiger partial charge is 0.381 e. The Balaban J connectivity index is 1.97. The lowest BCUT2D eigenvalue weighted by atomic mass is 9.64. The average molecular weight is 361 g/mol. The zero-order valence-corrected chi connectivity index (χ0v) is 14.9. The van der Waals surface area contributed by atoms with E-state index in [1.54, 1.807) is 0 Å². The monoisotopic (exact) mass is 359 g/mol. The van der Waals surface area contributed by atoms with Crippen molar-refractivity contribution in [1.82, 2.24) is 0 Å². The molecule has 0 aromatic heterocycles. The van der Waals surface area contributed by atoms with Gasteiger partial charge < -0.3 is 10.1 Å². The molecule has 1 saturated carbocycles. The van der Waals surface area contributed by atoms with E-state index in [0.29, 0.717) is 18.1 Å². The van der Waals surface area contributed by atoms with Crippen LogP contribution >= 0.6 is 27.5 Å². The summed E-state index contributed by atoms with van der Waals surface area (Å²) < 4.78 is 6.93. The van der Waals surface area contributed by atoms with Gasteiger partial charge in [-0.1, -0.05) is 45.4 Å². The Morgan fingerprint density at radius 2 is 2.15 bits per heavy atom. The van der Waals surface area contributed by atoms with E-state index in [-0.39, 0.29) is 5.41 Å². The van der Waals surface area contributed by atoms with E-state index in [0.717, 1.165) is 28.2 Å². The van der Waals surface area contributed by atoms with Gasteiger partial charge in [0.05, 0.1) is 21.3 Å². The summed E-state index contributed by atoms with van der Waals surface area (Å²) in [6, 6.07) is 6.31. The van der Waals surface area contributed by atoms with Crippen LogP contribution in [0.2, 0.25) is 5.02 Å². The van der Waals surface area contributed by atoms with Crippen molar-refractivity contribution in [2.75, 3.05) is 11.9 Å². The quantitative estimate of drug-likeness (QED) is 0.763. The van der Waals surface area contributed by atoms with Crippen molar-refractivity contribution in [2.24, 2.45) is 11.3 Å². The summed E-state index contributed by atoms with van der Waals surface area (Å²) in [5.41, 5.74) is 1.19. The Hall–Kier alpha value is -0.250. The molecular weight excluding hydrogens is 338 g/mol. The van der Waals surface area contributed by atoms with E-state index in [1.807, 2.05) is 18.2 Å². The van der Waals surface area contributed by atoms with Crippen molar-refractivity contribution < 1.29 is 4.74 Å². The number of nitrogens with one attached hydrogen (secondary N) is 1. The first-order chi connectivity index (χ1) is 9.32. The van der Waals surface area contributed by atoms with Gasteiger partial charge in [0, 0.05) is 18.1 Å². The van der Waals surface area contributed by atoms with Crippen LogP contribution in [0.5, 0.6) is 0 Å². The third-order valence-corrected chi connectivity index (χ3v) is 5.49. The van der Waals surface area contributed by atoms with Crippen molar-refractivity contribution in [2.45, 2.75) is 46.3 Å². The molecule has 1 aromatic rings. The molecular formula is C16H23BrClNO. The van der Waals surface area contributed by atoms with Crippen LogP contribution in [0.4, 0.5) is 5.69 Å². The maximum Gasteiger partial charge on any atom is 0.0665 e. The summed E-state index contributed by atoms with van der Waals surface area (Å²) in [5, 5.41) is 4.32. The number of hydrogen-bond acceptors (Lipinski definition) is 2. The van der Waals surface area contributed by atoms with Crippen LogP contribution in [0.25, 0.3) is 0 Å². The highest BCUT2D eigenvalue weighted by Crippen LogP contribution is 2.45. The molecule has 2 atom stereocenters. The van der Waals surface area contributed by atoms with Crippen molar-refractivity contribution in [3.8, 4) is 0 Å². The molecule has 2 unspecified atom stereocenters. The molecule has 2 nitrogen and oxygen atoms in total. The first-order valence-corrected chi connectivity index (χ1v) is 8.31. The maximum absolute atomic E-state index is 6.13. The van der Waals surface area contributed by atoms with E-state index < -0.39 is 0 Å². The van der Waals surface area contributed by atoms with Crippen LogP contribution in [0, 0.1) is 11.3 Å². The van der Waals surface area contributed by atoms with Gasteiger partial charge >= 0.3 is 0 Å². The van der Waals surface area contributed by atoms with Crippen LogP contribution in [0.15, 0.2) is 22.7 Å². The predicted octanol–water partition coefficient (Wildman–Crippen LogP) is 5.35. The Bertz CT molecular complexity index is 476. The second kappa shape index (κ2) is 6.25. The van der Waals surface area contributed by atoms with Gasteiger partial charge in [-0.15, -0.1) is 0 Å². The predicted molar refractivity (Wildman–Crippen MR) is 89.5 cm³/mol. The highest BCUT2D eigenvalue weighted by Gasteiger charge is 2.49. The molecule has 1 aromatic carbocycles. The smallest absolute Gasteiger partial charge is 0.0665 e. The molecule has 0 spiro atoms. The number of ether oxygens (including phenoxy) is 1. The molecule has 0 saturated heterocycles. The maximum atomic E-state index is 6.13. The minimum atomic E-state index is 0.136. The molecule has 1 aliphatic carbocycles. The molecule has 0 amide bonds. The fraction of sp³-hybridized carbons (Fsp3) is 0.625. The van der Waals surface area contributed by atoms with Crippen LogP contribution in [0.1, 0.15) is 34.1 Å². The average Bonchev–Trinajstić information content (AvgIpc) is 2.37. The summed E-state index contributed by atoms with van der Waals surface area (Å²) >= 11 is 9.67. The van der Waals surface area contributed by atoms with Gasteiger partial charge in [-0.05, 0) is 40.4 Å². The highest BCUT2D eigenvalue weighted by atomic mass is 79.9. The number of benzene rings is 1. The van der Waals surface area contributed by atoms with Gasteiger partial charge in [0.1, 0.15) is 0 Å². The van der Waals surface area contributed by atoms with Gasteiger partial charge in [0.2, 0.25) is 0 Å². The molecule has 0 bridgehead atoms. The van der Waals surface area contributed by atoms with Gasteiger partial charge in [0.15, 0.2) is 0 Å². The molecule has 1 aliphatic rings. The van der Waals surface area contributed by atoms with Crippen LogP contribution < -0.4 is 5.32 Å². The summed E-state index contributed by atoms with van der Waals surface area (Å²) in [4.78, 5) is 0. The summed E-state index contributed by atoms with van der Waals surface area (Å²) in [5.74, 6) is 0.583. The third kappa shape index (κ3) is 3.32. The Morgan fingerprint density at radius 3 is 2.75 bits per heavy atom. The molecule has 1 fully saturated rings. The van der Waals surface area contributed by atoms with Crippen LogP contribution in [-0.2, 0) is 4.74 Å². The standard InChI is InChI=1S/C16H23BrClNO/c1-10(2)9-20-14-8-13(16(14,3)4)19-12-7-5-6-11(18)15(12)17/h5-7,10,13-14,19H,8-9H2,1-4H3. The zero-order valence-electron chi connectivity index (χ0n) is 12.5. The van der Waals surface area contributed by atoms with E-state index in [9.17, 15) is 0 Å². The molecule has 0 heterocycles. The molecule has 112 valence electrons. The van der Waals surface area contributed by atoms with Crippen molar-refractivity contribution in [1.29, 1.82) is 0 Å². The summed E-state index contributed by atoms with van der Waals surface area (Å²) in [7, 11) is 0. The van der Waals surface area contributed by atoms with Crippen molar-refractivity contribution in [3.63, 3.8) is 0 Å². The number of anilines is 1. The van der Waals surface area contributed by atoms with E-state index in [2.05, 4.69) is 48.9 Å². The summed E-state index contributed by atoms with van der Waals surface area (Å²) in [6.07, 6.45) is 1.37. The first kappa shape index (κ1) is 16.1. The van der Waals surface area contributed by atoms with Gasteiger partial charge in [-0.3, -0.25) is 0 Å². The lowest BCUT2D eigenvalue weighted by molar-refractivity contribution is -0.108. The molecule has 2 rings (SSSR count). The second-order valence-corrected chi connectivity index (χ2v) is 7.77. The Kier molecular flexibility index (Phi) is 5.04.